The molecular formula is C10H15NO4S2. The van der Waals surface area contributed by atoms with E-state index in [1.165, 1.54) is 12.1 Å². The van der Waals surface area contributed by atoms with Crippen LogP contribution in [0.3, 0.4) is 0 Å². The highest BCUT2D eigenvalue weighted by atomic mass is 32.2. The molecule has 5 nitrogen and oxygen atoms in total. The quantitative estimate of drug-likeness (QED) is 0.878. The fraction of sp³-hybridized carbons (Fsp3) is 0.400. The number of hydrogen-bond donors (Lipinski definition) is 1. The van der Waals surface area contributed by atoms with Gasteiger partial charge in [0.1, 0.15) is 0 Å². The summed E-state index contributed by atoms with van der Waals surface area (Å²) in [5.41, 5.74) is 0.711. The van der Waals surface area contributed by atoms with E-state index in [1.54, 1.807) is 19.1 Å². The van der Waals surface area contributed by atoms with Crippen LogP contribution in [-0.4, -0.2) is 29.3 Å². The van der Waals surface area contributed by atoms with Crippen LogP contribution in [0.4, 0.5) is 0 Å². The van der Waals surface area contributed by atoms with Crippen molar-refractivity contribution in [3.05, 3.63) is 29.8 Å². The van der Waals surface area contributed by atoms with Gasteiger partial charge in [0.25, 0.3) is 0 Å². The predicted octanol–water partition coefficient (Wildman–Crippen LogP) is 0.700. The molecule has 0 amide bonds. The van der Waals surface area contributed by atoms with Crippen molar-refractivity contribution >= 4 is 19.9 Å². The average molecular weight is 277 g/mol. The lowest BCUT2D eigenvalue weighted by atomic mass is 10.1. The lowest BCUT2D eigenvalue weighted by Crippen LogP contribution is -2.25. The molecule has 17 heavy (non-hydrogen) atoms. The molecule has 0 bridgehead atoms. The van der Waals surface area contributed by atoms with E-state index in [0.717, 1.165) is 12.5 Å². The molecule has 96 valence electrons. The van der Waals surface area contributed by atoms with E-state index in [-0.39, 0.29) is 4.90 Å². The summed E-state index contributed by atoms with van der Waals surface area (Å²) in [5.74, 6) is 0. The average Bonchev–Trinajstić information content (AvgIpc) is 2.14. The molecule has 1 atom stereocenters. The molecule has 0 fully saturated rings. The van der Waals surface area contributed by atoms with Crippen LogP contribution >= 0.6 is 0 Å². The van der Waals surface area contributed by atoms with Crippen molar-refractivity contribution in [3.8, 4) is 0 Å². The van der Waals surface area contributed by atoms with Crippen LogP contribution in [-0.2, 0) is 19.9 Å². The number of benzene rings is 1. The van der Waals surface area contributed by atoms with Crippen molar-refractivity contribution < 1.29 is 16.8 Å². The molecule has 0 unspecified atom stereocenters. The Morgan fingerprint density at radius 1 is 1.00 bits per heavy atom. The van der Waals surface area contributed by atoms with E-state index < -0.39 is 25.9 Å². The maximum Gasteiger partial charge on any atom is 0.209 e. The molecular weight excluding hydrogens is 262 g/mol. The van der Waals surface area contributed by atoms with E-state index in [4.69, 9.17) is 0 Å². The van der Waals surface area contributed by atoms with Crippen LogP contribution in [0.1, 0.15) is 18.5 Å². The highest BCUT2D eigenvalue weighted by molar-refractivity contribution is 7.90. The minimum atomic E-state index is -3.28. The highest BCUT2D eigenvalue weighted by Crippen LogP contribution is 2.16. The van der Waals surface area contributed by atoms with E-state index in [2.05, 4.69) is 4.72 Å². The van der Waals surface area contributed by atoms with Crippen LogP contribution in [0.5, 0.6) is 0 Å². The Morgan fingerprint density at radius 3 is 1.82 bits per heavy atom. The van der Waals surface area contributed by atoms with Gasteiger partial charge in [-0.05, 0) is 24.6 Å². The maximum atomic E-state index is 11.2. The van der Waals surface area contributed by atoms with Crippen LogP contribution in [0.25, 0.3) is 0 Å². The van der Waals surface area contributed by atoms with Crippen LogP contribution in [0.15, 0.2) is 29.2 Å². The first-order chi connectivity index (χ1) is 7.59. The summed E-state index contributed by atoms with van der Waals surface area (Å²) in [6.45, 7) is 1.69. The zero-order valence-electron chi connectivity index (χ0n) is 9.84. The highest BCUT2D eigenvalue weighted by Gasteiger charge is 2.12. The van der Waals surface area contributed by atoms with E-state index in [0.29, 0.717) is 5.56 Å². The molecule has 0 saturated carbocycles. The van der Waals surface area contributed by atoms with Crippen molar-refractivity contribution in [1.29, 1.82) is 0 Å². The van der Waals surface area contributed by atoms with Gasteiger partial charge in [0, 0.05) is 12.3 Å². The fourth-order valence-electron chi connectivity index (χ4n) is 1.39. The summed E-state index contributed by atoms with van der Waals surface area (Å²) in [6, 6.07) is 5.73. The maximum absolute atomic E-state index is 11.2. The van der Waals surface area contributed by atoms with Crippen molar-refractivity contribution in [2.75, 3.05) is 12.5 Å². The molecule has 0 aliphatic heterocycles. The minimum absolute atomic E-state index is 0.216. The molecule has 0 saturated heterocycles. The number of nitrogens with one attached hydrogen (secondary N) is 1. The van der Waals surface area contributed by atoms with Crippen molar-refractivity contribution in [1.82, 2.24) is 4.72 Å². The predicted molar refractivity (Wildman–Crippen MR) is 65.9 cm³/mol. The Balaban J connectivity index is 2.96. The molecule has 1 aromatic rings. The number of rotatable bonds is 4. The SMILES string of the molecule is C[C@@H](NS(C)(=O)=O)c1ccc(S(C)(=O)=O)cc1. The lowest BCUT2D eigenvalue weighted by molar-refractivity contribution is 0.572. The summed E-state index contributed by atoms with van der Waals surface area (Å²) in [5, 5.41) is 0. The van der Waals surface area contributed by atoms with Gasteiger partial charge in [0.15, 0.2) is 9.84 Å². The fourth-order valence-corrected chi connectivity index (χ4v) is 2.80. The Bertz CT molecular complexity index is 588. The largest absolute Gasteiger partial charge is 0.224 e. The van der Waals surface area contributed by atoms with E-state index >= 15 is 0 Å². The van der Waals surface area contributed by atoms with Gasteiger partial charge in [0.2, 0.25) is 10.0 Å². The summed E-state index contributed by atoms with van der Waals surface area (Å²) in [7, 11) is -6.50. The Kier molecular flexibility index (Phi) is 3.95. The second-order valence-corrected chi connectivity index (χ2v) is 7.75. The normalized spacial score (nSPS) is 14.5. The van der Waals surface area contributed by atoms with Gasteiger partial charge in [-0.3, -0.25) is 0 Å². The van der Waals surface area contributed by atoms with Gasteiger partial charge in [-0.25, -0.2) is 21.6 Å². The van der Waals surface area contributed by atoms with Crippen LogP contribution in [0.2, 0.25) is 0 Å². The number of sulfone groups is 1. The molecule has 0 radical (unpaired) electrons. The zero-order chi connectivity index (χ0) is 13.3. The van der Waals surface area contributed by atoms with E-state index in [1.807, 2.05) is 0 Å². The third kappa shape index (κ3) is 4.45. The molecule has 0 heterocycles. The lowest BCUT2D eigenvalue weighted by Gasteiger charge is -2.12. The first-order valence-electron chi connectivity index (χ1n) is 4.87. The van der Waals surface area contributed by atoms with Gasteiger partial charge in [-0.15, -0.1) is 0 Å². The van der Waals surface area contributed by atoms with E-state index in [9.17, 15) is 16.8 Å². The van der Waals surface area contributed by atoms with Gasteiger partial charge in [-0.1, -0.05) is 12.1 Å². The monoisotopic (exact) mass is 277 g/mol. The first-order valence-corrected chi connectivity index (χ1v) is 8.65. The summed E-state index contributed by atoms with van der Waals surface area (Å²) < 4.78 is 46.9. The Labute approximate surface area is 102 Å². The molecule has 1 aromatic carbocycles. The van der Waals surface area contributed by atoms with Gasteiger partial charge < -0.3 is 0 Å². The van der Waals surface area contributed by atoms with Crippen molar-refractivity contribution in [2.24, 2.45) is 0 Å². The molecule has 7 heteroatoms. The molecule has 0 spiro atoms. The number of sulfonamides is 1. The smallest absolute Gasteiger partial charge is 0.209 e. The first kappa shape index (κ1) is 14.1. The Morgan fingerprint density at radius 2 is 1.47 bits per heavy atom. The standard InChI is InChI=1S/C10H15NO4S2/c1-8(11-17(3,14)15)9-4-6-10(7-5-9)16(2,12)13/h4-8,11H,1-3H3/t8-/m1/s1. The minimum Gasteiger partial charge on any atom is -0.224 e. The molecule has 0 aromatic heterocycles. The second-order valence-electron chi connectivity index (χ2n) is 3.95. The summed E-state index contributed by atoms with van der Waals surface area (Å²) >= 11 is 0. The summed E-state index contributed by atoms with van der Waals surface area (Å²) in [4.78, 5) is 0.216. The molecule has 0 aliphatic carbocycles. The third-order valence-electron chi connectivity index (χ3n) is 2.20. The molecule has 1 N–H and O–H groups in total. The second kappa shape index (κ2) is 4.75. The molecule has 0 aliphatic rings. The topological polar surface area (TPSA) is 80.3 Å². The van der Waals surface area contributed by atoms with Crippen molar-refractivity contribution in [2.45, 2.75) is 17.9 Å². The zero-order valence-corrected chi connectivity index (χ0v) is 11.5. The number of hydrogen-bond acceptors (Lipinski definition) is 4. The van der Waals surface area contributed by atoms with Gasteiger partial charge >= 0.3 is 0 Å². The van der Waals surface area contributed by atoms with Crippen LogP contribution in [0, 0.1) is 0 Å². The van der Waals surface area contributed by atoms with Gasteiger partial charge in [-0.2, -0.15) is 0 Å². The van der Waals surface area contributed by atoms with Crippen molar-refractivity contribution in [3.63, 3.8) is 0 Å². The van der Waals surface area contributed by atoms with Gasteiger partial charge in [0.05, 0.1) is 11.2 Å². The van der Waals surface area contributed by atoms with Crippen LogP contribution < -0.4 is 4.72 Å². The summed E-state index contributed by atoms with van der Waals surface area (Å²) in [6.07, 6.45) is 2.20. The third-order valence-corrected chi connectivity index (χ3v) is 4.11. The Hall–Kier alpha value is -0.920. The molecule has 1 rings (SSSR count).